The summed E-state index contributed by atoms with van der Waals surface area (Å²) in [5.41, 5.74) is 5.36. The van der Waals surface area contributed by atoms with Gasteiger partial charge in [-0.05, 0) is 13.0 Å². The minimum atomic E-state index is 0.268. The highest BCUT2D eigenvalue weighted by Gasteiger charge is 2.01. The number of nitrogens with zero attached hydrogens (tertiary/aromatic N) is 2. The van der Waals surface area contributed by atoms with Crippen LogP contribution in [0, 0.1) is 5.92 Å². The van der Waals surface area contributed by atoms with Crippen LogP contribution >= 0.6 is 0 Å². The fourth-order valence-corrected chi connectivity index (χ4v) is 1.01. The molecule has 0 rings (SSSR count). The Kier molecular flexibility index (Phi) is 8.04. The molecule has 0 saturated heterocycles. The topological polar surface area (TPSA) is 71.1 Å². The molecule has 0 aromatic carbocycles. The molecular formula is C10H23N3O2. The van der Waals surface area contributed by atoms with E-state index in [1.54, 1.807) is 0 Å². The van der Waals surface area contributed by atoms with Crippen LogP contribution in [0.15, 0.2) is 5.16 Å². The van der Waals surface area contributed by atoms with Crippen LogP contribution in [-0.2, 0) is 4.74 Å². The largest absolute Gasteiger partial charge is 0.409 e. The third-order valence-electron chi connectivity index (χ3n) is 1.95. The second-order valence-electron chi connectivity index (χ2n) is 4.11. The fourth-order valence-electron chi connectivity index (χ4n) is 1.01. The molecule has 0 radical (unpaired) electrons. The lowest BCUT2D eigenvalue weighted by Gasteiger charge is -2.16. The number of rotatable bonds is 8. The average Bonchev–Trinajstić information content (AvgIpc) is 2.20. The number of ether oxygens (including phenoxy) is 1. The van der Waals surface area contributed by atoms with Gasteiger partial charge in [0.15, 0.2) is 0 Å². The van der Waals surface area contributed by atoms with Crippen molar-refractivity contribution in [1.82, 2.24) is 4.90 Å². The summed E-state index contributed by atoms with van der Waals surface area (Å²) < 4.78 is 5.45. The van der Waals surface area contributed by atoms with Gasteiger partial charge in [-0.25, -0.2) is 0 Å². The third-order valence-corrected chi connectivity index (χ3v) is 1.95. The van der Waals surface area contributed by atoms with Crippen molar-refractivity contribution in [2.45, 2.75) is 20.3 Å². The molecule has 0 amide bonds. The molecule has 0 aliphatic carbocycles. The summed E-state index contributed by atoms with van der Waals surface area (Å²) >= 11 is 0. The van der Waals surface area contributed by atoms with Crippen LogP contribution in [-0.4, -0.2) is 49.3 Å². The van der Waals surface area contributed by atoms with E-state index in [1.165, 1.54) is 0 Å². The van der Waals surface area contributed by atoms with Crippen molar-refractivity contribution >= 4 is 5.84 Å². The van der Waals surface area contributed by atoms with Crippen molar-refractivity contribution in [2.75, 3.05) is 33.4 Å². The minimum absolute atomic E-state index is 0.268. The van der Waals surface area contributed by atoms with Gasteiger partial charge < -0.3 is 20.6 Å². The van der Waals surface area contributed by atoms with Gasteiger partial charge in [0.25, 0.3) is 0 Å². The predicted octanol–water partition coefficient (Wildman–Crippen LogP) is 0.727. The lowest BCUT2D eigenvalue weighted by Crippen LogP contribution is -2.28. The Balaban J connectivity index is 3.37. The van der Waals surface area contributed by atoms with Crippen LogP contribution < -0.4 is 5.73 Å². The van der Waals surface area contributed by atoms with Gasteiger partial charge >= 0.3 is 0 Å². The predicted molar refractivity (Wildman–Crippen MR) is 61.2 cm³/mol. The molecule has 0 aliphatic rings. The molecule has 0 spiro atoms. The minimum Gasteiger partial charge on any atom is -0.409 e. The summed E-state index contributed by atoms with van der Waals surface area (Å²) in [5, 5.41) is 11.3. The van der Waals surface area contributed by atoms with Crippen LogP contribution in [0.1, 0.15) is 20.3 Å². The molecule has 0 heterocycles. The zero-order valence-corrected chi connectivity index (χ0v) is 9.94. The van der Waals surface area contributed by atoms with Gasteiger partial charge in [-0.2, -0.15) is 0 Å². The van der Waals surface area contributed by atoms with Crippen molar-refractivity contribution < 1.29 is 9.94 Å². The zero-order chi connectivity index (χ0) is 11.7. The number of amidine groups is 1. The summed E-state index contributed by atoms with van der Waals surface area (Å²) in [6, 6.07) is 0. The van der Waals surface area contributed by atoms with E-state index in [1.807, 2.05) is 7.05 Å². The Bertz CT molecular complexity index is 184. The number of nitrogens with two attached hydrogens (primary N) is 1. The van der Waals surface area contributed by atoms with E-state index >= 15 is 0 Å². The second kappa shape index (κ2) is 8.49. The number of hydrogen-bond donors (Lipinski definition) is 2. The number of oxime groups is 1. The summed E-state index contributed by atoms with van der Waals surface area (Å²) in [7, 11) is 1.99. The Hall–Kier alpha value is -0.810. The molecule has 0 fully saturated rings. The first-order chi connectivity index (χ1) is 7.06. The van der Waals surface area contributed by atoms with E-state index in [2.05, 4.69) is 23.9 Å². The van der Waals surface area contributed by atoms with Crippen LogP contribution in [0.25, 0.3) is 0 Å². The molecule has 15 heavy (non-hydrogen) atoms. The summed E-state index contributed by atoms with van der Waals surface area (Å²) in [6.45, 7) is 7.43. The molecule has 0 unspecified atom stereocenters. The van der Waals surface area contributed by atoms with Crippen molar-refractivity contribution in [2.24, 2.45) is 16.8 Å². The molecule has 5 heteroatoms. The quantitative estimate of drug-likeness (QED) is 0.207. The summed E-state index contributed by atoms with van der Waals surface area (Å²) in [4.78, 5) is 2.10. The Morgan fingerprint density at radius 2 is 2.13 bits per heavy atom. The smallest absolute Gasteiger partial charge is 0.140 e. The second-order valence-corrected chi connectivity index (χ2v) is 4.11. The van der Waals surface area contributed by atoms with Crippen LogP contribution in [0.5, 0.6) is 0 Å². The molecule has 5 nitrogen and oxygen atoms in total. The fraction of sp³-hybridized carbons (Fsp3) is 0.900. The van der Waals surface area contributed by atoms with E-state index in [9.17, 15) is 0 Å². The normalized spacial score (nSPS) is 12.7. The highest BCUT2D eigenvalue weighted by Crippen LogP contribution is 1.93. The Labute approximate surface area is 91.9 Å². The van der Waals surface area contributed by atoms with Gasteiger partial charge in [0.05, 0.1) is 6.61 Å². The van der Waals surface area contributed by atoms with Crippen molar-refractivity contribution in [3.05, 3.63) is 0 Å². The van der Waals surface area contributed by atoms with Gasteiger partial charge in [-0.15, -0.1) is 0 Å². The van der Waals surface area contributed by atoms with Crippen LogP contribution in [0.4, 0.5) is 0 Å². The zero-order valence-electron chi connectivity index (χ0n) is 9.94. The van der Waals surface area contributed by atoms with Gasteiger partial charge in [0.1, 0.15) is 5.84 Å². The van der Waals surface area contributed by atoms with Crippen molar-refractivity contribution in [1.29, 1.82) is 0 Å². The van der Waals surface area contributed by atoms with E-state index in [-0.39, 0.29) is 5.84 Å². The highest BCUT2D eigenvalue weighted by molar-refractivity contribution is 5.79. The maximum absolute atomic E-state index is 8.34. The van der Waals surface area contributed by atoms with Crippen molar-refractivity contribution in [3.8, 4) is 0 Å². The molecule has 90 valence electrons. The maximum atomic E-state index is 8.34. The van der Waals surface area contributed by atoms with E-state index < -0.39 is 0 Å². The molecule has 0 aromatic rings. The monoisotopic (exact) mass is 217 g/mol. The summed E-state index contributed by atoms with van der Waals surface area (Å²) in [6.07, 6.45) is 0.581. The Morgan fingerprint density at radius 3 is 2.67 bits per heavy atom. The average molecular weight is 217 g/mol. The van der Waals surface area contributed by atoms with Crippen molar-refractivity contribution in [3.63, 3.8) is 0 Å². The van der Waals surface area contributed by atoms with Crippen LogP contribution in [0.3, 0.4) is 0 Å². The van der Waals surface area contributed by atoms with Gasteiger partial charge in [-0.3, -0.25) is 0 Å². The van der Waals surface area contributed by atoms with E-state index in [4.69, 9.17) is 15.7 Å². The lowest BCUT2D eigenvalue weighted by molar-refractivity contribution is 0.0921. The molecule has 0 aliphatic heterocycles. The number of likely N-dealkylation sites (N-methyl/N-ethyl adjacent to an activating group) is 1. The van der Waals surface area contributed by atoms with Gasteiger partial charge in [0.2, 0.25) is 0 Å². The maximum Gasteiger partial charge on any atom is 0.140 e. The molecule has 3 N–H and O–H groups in total. The molecule has 0 atom stereocenters. The first kappa shape index (κ1) is 14.2. The summed E-state index contributed by atoms with van der Waals surface area (Å²) in [5.74, 6) is 0.845. The molecular weight excluding hydrogens is 194 g/mol. The lowest BCUT2D eigenvalue weighted by atomic mass is 10.2. The third kappa shape index (κ3) is 9.49. The SMILES string of the molecule is CC(C)COCCN(C)CCC(N)=NO. The molecule has 0 bridgehead atoms. The van der Waals surface area contributed by atoms with Gasteiger partial charge in [0, 0.05) is 26.1 Å². The first-order valence-corrected chi connectivity index (χ1v) is 5.29. The first-order valence-electron chi connectivity index (χ1n) is 5.29. The Morgan fingerprint density at radius 1 is 1.47 bits per heavy atom. The standard InChI is InChI=1S/C10H23N3O2/c1-9(2)8-15-7-6-13(3)5-4-10(11)12-14/h9,14H,4-8H2,1-3H3,(H2,11,12). The molecule has 0 aromatic heterocycles. The highest BCUT2D eigenvalue weighted by atomic mass is 16.5. The molecule has 0 saturated carbocycles. The number of hydrogen-bond acceptors (Lipinski definition) is 4. The van der Waals surface area contributed by atoms with E-state index in [0.29, 0.717) is 12.3 Å². The van der Waals surface area contributed by atoms with Crippen LogP contribution in [0.2, 0.25) is 0 Å². The van der Waals surface area contributed by atoms with E-state index in [0.717, 1.165) is 26.3 Å². The van der Waals surface area contributed by atoms with Gasteiger partial charge in [-0.1, -0.05) is 19.0 Å².